The molecule has 3 aromatic rings. The highest BCUT2D eigenvalue weighted by Crippen LogP contribution is 2.23. The summed E-state index contributed by atoms with van der Waals surface area (Å²) in [7, 11) is 1.81. The van der Waals surface area contributed by atoms with Gasteiger partial charge in [-0.3, -0.25) is 4.79 Å². The van der Waals surface area contributed by atoms with Gasteiger partial charge < -0.3 is 9.47 Å². The molecule has 1 aromatic heterocycles. The highest BCUT2D eigenvalue weighted by atomic mass is 32.2. The van der Waals surface area contributed by atoms with Gasteiger partial charge in [0.15, 0.2) is 0 Å². The Morgan fingerprint density at radius 1 is 1.21 bits per heavy atom. The number of carbonyl (C=O) groups excluding carboxylic acids is 1. The van der Waals surface area contributed by atoms with Gasteiger partial charge in [0.1, 0.15) is 0 Å². The van der Waals surface area contributed by atoms with Crippen LogP contribution in [0.2, 0.25) is 0 Å². The number of benzene rings is 2. The number of hydrogen-bond donors (Lipinski definition) is 0. The summed E-state index contributed by atoms with van der Waals surface area (Å²) in [5.74, 6) is -0.0391. The molecule has 4 nitrogen and oxygen atoms in total. The molecule has 0 aliphatic rings. The van der Waals surface area contributed by atoms with Crippen molar-refractivity contribution in [3.63, 3.8) is 0 Å². The normalized spacial score (nSPS) is 11.0. The maximum Gasteiger partial charge on any atom is 0.246 e. The first-order chi connectivity index (χ1) is 13.6. The molecular weight excluding hydrogens is 366 g/mol. The van der Waals surface area contributed by atoms with Crippen molar-refractivity contribution >= 4 is 34.6 Å². The van der Waals surface area contributed by atoms with Crippen LogP contribution in [-0.2, 0) is 17.9 Å². The van der Waals surface area contributed by atoms with Gasteiger partial charge in [-0.1, -0.05) is 30.3 Å². The summed E-state index contributed by atoms with van der Waals surface area (Å²) in [6.07, 6.45) is 7.99. The zero-order valence-electron chi connectivity index (χ0n) is 16.1. The van der Waals surface area contributed by atoms with Crippen LogP contribution in [0.4, 0.5) is 0 Å². The van der Waals surface area contributed by atoms with Gasteiger partial charge in [0, 0.05) is 53.8 Å². The first kappa shape index (κ1) is 19.8. The van der Waals surface area contributed by atoms with Crippen LogP contribution < -0.4 is 0 Å². The molecule has 0 fully saturated rings. The monoisotopic (exact) mass is 389 g/mol. The van der Waals surface area contributed by atoms with Crippen LogP contribution in [0.5, 0.6) is 0 Å². The van der Waals surface area contributed by atoms with Crippen molar-refractivity contribution in [2.24, 2.45) is 0 Å². The lowest BCUT2D eigenvalue weighted by atomic mass is 10.1. The molecule has 142 valence electrons. The van der Waals surface area contributed by atoms with E-state index in [0.717, 1.165) is 22.0 Å². The Labute approximate surface area is 170 Å². The van der Waals surface area contributed by atoms with Crippen molar-refractivity contribution < 1.29 is 4.79 Å². The molecule has 0 saturated carbocycles. The van der Waals surface area contributed by atoms with E-state index in [1.165, 1.54) is 4.90 Å². The van der Waals surface area contributed by atoms with Crippen LogP contribution in [0.3, 0.4) is 0 Å². The van der Waals surface area contributed by atoms with Crippen LogP contribution in [0.15, 0.2) is 65.7 Å². The fourth-order valence-corrected chi connectivity index (χ4v) is 3.54. The Bertz CT molecular complexity index is 1030. The van der Waals surface area contributed by atoms with E-state index < -0.39 is 0 Å². The first-order valence-electron chi connectivity index (χ1n) is 9.13. The summed E-state index contributed by atoms with van der Waals surface area (Å²) in [4.78, 5) is 15.5. The van der Waals surface area contributed by atoms with E-state index in [4.69, 9.17) is 5.26 Å². The van der Waals surface area contributed by atoms with Gasteiger partial charge >= 0.3 is 0 Å². The Balaban J connectivity index is 1.73. The molecular formula is C23H23N3OS. The second-order valence-corrected chi connectivity index (χ2v) is 7.46. The predicted molar refractivity (Wildman–Crippen MR) is 116 cm³/mol. The Hall–Kier alpha value is -2.97. The predicted octanol–water partition coefficient (Wildman–Crippen LogP) is 4.95. The van der Waals surface area contributed by atoms with E-state index in [1.54, 1.807) is 22.7 Å². The summed E-state index contributed by atoms with van der Waals surface area (Å²) in [6.45, 7) is 1.21. The van der Waals surface area contributed by atoms with Crippen molar-refractivity contribution in [2.75, 3.05) is 13.3 Å². The smallest absolute Gasteiger partial charge is 0.246 e. The lowest BCUT2D eigenvalue weighted by molar-refractivity contribution is -0.125. The van der Waals surface area contributed by atoms with E-state index >= 15 is 0 Å². The number of rotatable bonds is 7. The lowest BCUT2D eigenvalue weighted by Crippen LogP contribution is -2.24. The Kier molecular flexibility index (Phi) is 6.57. The van der Waals surface area contributed by atoms with Gasteiger partial charge in [-0.25, -0.2) is 0 Å². The summed E-state index contributed by atoms with van der Waals surface area (Å²) in [6, 6.07) is 18.5. The van der Waals surface area contributed by atoms with Crippen LogP contribution in [-0.4, -0.2) is 28.7 Å². The molecule has 28 heavy (non-hydrogen) atoms. The third kappa shape index (κ3) is 4.65. The number of hydrogen-bond acceptors (Lipinski definition) is 3. The molecule has 0 spiro atoms. The molecule has 0 bridgehead atoms. The zero-order chi connectivity index (χ0) is 19.9. The quantitative estimate of drug-likeness (QED) is 0.424. The van der Waals surface area contributed by atoms with Crippen LogP contribution in [0.1, 0.15) is 17.5 Å². The first-order valence-corrected chi connectivity index (χ1v) is 10.4. The topological polar surface area (TPSA) is 49.0 Å². The number of para-hydroxylation sites is 1. The second kappa shape index (κ2) is 9.29. The maximum atomic E-state index is 12.5. The van der Waals surface area contributed by atoms with Crippen molar-refractivity contribution in [2.45, 2.75) is 24.4 Å². The van der Waals surface area contributed by atoms with Crippen molar-refractivity contribution in [3.8, 4) is 6.07 Å². The van der Waals surface area contributed by atoms with Crippen molar-refractivity contribution in [1.29, 1.82) is 5.26 Å². The SMILES string of the molecule is CSc1ccc(CN(C)C(=O)/C=C/c2cn(CCC#N)c3ccccc23)cc1. The minimum atomic E-state index is -0.0391. The van der Waals surface area contributed by atoms with Crippen molar-refractivity contribution in [1.82, 2.24) is 9.47 Å². The summed E-state index contributed by atoms with van der Waals surface area (Å²) in [5.41, 5.74) is 3.17. The molecule has 0 N–H and O–H groups in total. The third-order valence-corrected chi connectivity index (χ3v) is 5.39. The summed E-state index contributed by atoms with van der Waals surface area (Å²) < 4.78 is 2.07. The van der Waals surface area contributed by atoms with Gasteiger partial charge in [0.2, 0.25) is 5.91 Å². The minimum Gasteiger partial charge on any atom is -0.346 e. The van der Waals surface area contributed by atoms with Gasteiger partial charge in [0.25, 0.3) is 0 Å². The van der Waals surface area contributed by atoms with Crippen LogP contribution in [0, 0.1) is 11.3 Å². The number of amides is 1. The van der Waals surface area contributed by atoms with E-state index in [-0.39, 0.29) is 5.91 Å². The Morgan fingerprint density at radius 2 is 1.96 bits per heavy atom. The third-order valence-electron chi connectivity index (χ3n) is 4.64. The lowest BCUT2D eigenvalue weighted by Gasteiger charge is -2.15. The highest BCUT2D eigenvalue weighted by molar-refractivity contribution is 7.98. The highest BCUT2D eigenvalue weighted by Gasteiger charge is 2.09. The number of thioether (sulfide) groups is 1. The van der Waals surface area contributed by atoms with Gasteiger partial charge in [-0.15, -0.1) is 11.8 Å². The van der Waals surface area contributed by atoms with Crippen LogP contribution in [0.25, 0.3) is 17.0 Å². The molecule has 0 atom stereocenters. The van der Waals surface area contributed by atoms with Gasteiger partial charge in [-0.05, 0) is 36.1 Å². The Morgan fingerprint density at radius 3 is 2.68 bits per heavy atom. The number of aromatic nitrogens is 1. The number of fused-ring (bicyclic) bond motifs is 1. The standard InChI is InChI=1S/C23H23N3OS/c1-25(16-18-8-11-20(28-2)12-9-18)23(27)13-10-19-17-26(15-5-14-24)22-7-4-3-6-21(19)22/h3-4,6-13,17H,5,15-16H2,1-2H3/b13-10+. The largest absolute Gasteiger partial charge is 0.346 e. The summed E-state index contributed by atoms with van der Waals surface area (Å²) in [5, 5.41) is 9.95. The molecule has 0 aliphatic carbocycles. The average molecular weight is 390 g/mol. The van der Waals surface area contributed by atoms with Gasteiger partial charge in [0.05, 0.1) is 12.5 Å². The maximum absolute atomic E-state index is 12.5. The van der Waals surface area contributed by atoms with Gasteiger partial charge in [-0.2, -0.15) is 5.26 Å². The molecule has 0 saturated heterocycles. The van der Waals surface area contributed by atoms with E-state index in [0.29, 0.717) is 19.5 Å². The molecule has 0 radical (unpaired) electrons. The molecule has 1 heterocycles. The zero-order valence-corrected chi connectivity index (χ0v) is 16.9. The number of aryl methyl sites for hydroxylation is 1. The average Bonchev–Trinajstić information content (AvgIpc) is 3.08. The molecule has 5 heteroatoms. The molecule has 0 unspecified atom stereocenters. The van der Waals surface area contributed by atoms with E-state index in [9.17, 15) is 4.79 Å². The molecule has 2 aromatic carbocycles. The number of nitriles is 1. The molecule has 0 aliphatic heterocycles. The number of likely N-dealkylation sites (N-methyl/N-ethyl adjacent to an activating group) is 1. The molecule has 1 amide bonds. The van der Waals surface area contributed by atoms with Crippen LogP contribution >= 0.6 is 11.8 Å². The summed E-state index contributed by atoms with van der Waals surface area (Å²) >= 11 is 1.70. The fourth-order valence-electron chi connectivity index (χ4n) is 3.13. The number of carbonyl (C=O) groups is 1. The van der Waals surface area contributed by atoms with E-state index in [2.05, 4.69) is 34.9 Å². The van der Waals surface area contributed by atoms with E-state index in [1.807, 2.05) is 49.8 Å². The van der Waals surface area contributed by atoms with Crippen molar-refractivity contribution in [3.05, 3.63) is 71.9 Å². The minimum absolute atomic E-state index is 0.0391. The fraction of sp³-hybridized carbons (Fsp3) is 0.217. The second-order valence-electron chi connectivity index (χ2n) is 6.58. The molecule has 3 rings (SSSR count). The number of nitrogens with zero attached hydrogens (tertiary/aromatic N) is 3.